The van der Waals surface area contributed by atoms with Crippen molar-refractivity contribution in [3.63, 3.8) is 0 Å². The first-order valence-electron chi connectivity index (χ1n) is 8.25. The second kappa shape index (κ2) is 7.72. The maximum atomic E-state index is 11.7. The molecular formula is C17H21N5O2. The maximum absolute atomic E-state index is 11.7. The van der Waals surface area contributed by atoms with E-state index in [4.69, 9.17) is 4.74 Å². The summed E-state index contributed by atoms with van der Waals surface area (Å²) in [6, 6.07) is 7.07. The van der Waals surface area contributed by atoms with E-state index in [1.807, 2.05) is 12.1 Å². The fourth-order valence-electron chi connectivity index (χ4n) is 2.63. The van der Waals surface area contributed by atoms with Gasteiger partial charge in [0.2, 0.25) is 5.95 Å². The van der Waals surface area contributed by atoms with Crippen LogP contribution in [0.1, 0.15) is 36.5 Å². The fourth-order valence-corrected chi connectivity index (χ4v) is 2.63. The zero-order chi connectivity index (χ0) is 16.8. The predicted octanol–water partition coefficient (Wildman–Crippen LogP) is 2.78. The molecule has 0 atom stereocenters. The molecule has 0 unspecified atom stereocenters. The largest absolute Gasteiger partial charge is 0.462 e. The lowest BCUT2D eigenvalue weighted by molar-refractivity contribution is 0.0526. The average molecular weight is 327 g/mol. The molecule has 1 saturated heterocycles. The Kier molecular flexibility index (Phi) is 5.20. The van der Waals surface area contributed by atoms with Gasteiger partial charge in [-0.25, -0.2) is 4.79 Å². The summed E-state index contributed by atoms with van der Waals surface area (Å²) in [5.74, 6) is 0.970. The van der Waals surface area contributed by atoms with Crippen LogP contribution < -0.4 is 10.2 Å². The Bertz CT molecular complexity index is 684. The van der Waals surface area contributed by atoms with Crippen molar-refractivity contribution in [3.05, 3.63) is 36.0 Å². The third-order valence-corrected chi connectivity index (χ3v) is 3.85. The lowest BCUT2D eigenvalue weighted by Crippen LogP contribution is -2.31. The van der Waals surface area contributed by atoms with E-state index in [0.717, 1.165) is 31.6 Å². The van der Waals surface area contributed by atoms with Crippen molar-refractivity contribution in [1.82, 2.24) is 15.2 Å². The van der Waals surface area contributed by atoms with Crippen LogP contribution in [0.3, 0.4) is 0 Å². The quantitative estimate of drug-likeness (QED) is 0.846. The fraction of sp³-hybridized carbons (Fsp3) is 0.412. The lowest BCUT2D eigenvalue weighted by atomic mass is 10.1. The Morgan fingerprint density at radius 2 is 1.96 bits per heavy atom. The molecule has 0 radical (unpaired) electrons. The van der Waals surface area contributed by atoms with Gasteiger partial charge in [-0.15, -0.1) is 5.10 Å². The number of piperidine rings is 1. The van der Waals surface area contributed by atoms with Gasteiger partial charge < -0.3 is 15.0 Å². The Morgan fingerprint density at radius 1 is 1.21 bits per heavy atom. The summed E-state index contributed by atoms with van der Waals surface area (Å²) < 4.78 is 4.97. The molecule has 0 amide bonds. The van der Waals surface area contributed by atoms with Gasteiger partial charge in [-0.2, -0.15) is 10.1 Å². The van der Waals surface area contributed by atoms with Crippen molar-refractivity contribution in [1.29, 1.82) is 0 Å². The van der Waals surface area contributed by atoms with Gasteiger partial charge in [0.25, 0.3) is 0 Å². The smallest absolute Gasteiger partial charge is 0.338 e. The second-order valence-corrected chi connectivity index (χ2v) is 5.61. The zero-order valence-electron chi connectivity index (χ0n) is 13.7. The molecule has 0 bridgehead atoms. The second-order valence-electron chi connectivity index (χ2n) is 5.61. The van der Waals surface area contributed by atoms with Crippen LogP contribution >= 0.6 is 0 Å². The molecule has 24 heavy (non-hydrogen) atoms. The van der Waals surface area contributed by atoms with Crippen molar-refractivity contribution < 1.29 is 9.53 Å². The van der Waals surface area contributed by atoms with Crippen LogP contribution in [0, 0.1) is 0 Å². The average Bonchev–Trinajstić information content (AvgIpc) is 2.63. The minimum atomic E-state index is -0.319. The van der Waals surface area contributed by atoms with E-state index in [1.54, 1.807) is 25.3 Å². The Balaban J connectivity index is 1.68. The standard InChI is InChI=1S/C17H21N5O2/c1-2-24-16(23)13-6-8-14(9-7-13)19-15-12-18-21-17(20-15)22-10-4-3-5-11-22/h6-9,12H,2-5,10-11H2,1H3,(H,19,20,21). The molecule has 2 heterocycles. The molecule has 1 fully saturated rings. The van der Waals surface area contributed by atoms with E-state index in [9.17, 15) is 4.79 Å². The number of ether oxygens (including phenoxy) is 1. The van der Waals surface area contributed by atoms with E-state index >= 15 is 0 Å². The molecule has 1 N–H and O–H groups in total. The first kappa shape index (κ1) is 16.2. The van der Waals surface area contributed by atoms with Gasteiger partial charge in [0.15, 0.2) is 5.82 Å². The lowest BCUT2D eigenvalue weighted by Gasteiger charge is -2.26. The van der Waals surface area contributed by atoms with Gasteiger partial charge in [0.05, 0.1) is 18.4 Å². The summed E-state index contributed by atoms with van der Waals surface area (Å²) >= 11 is 0. The molecule has 0 saturated carbocycles. The molecule has 1 aromatic carbocycles. The number of hydrogen-bond acceptors (Lipinski definition) is 7. The minimum Gasteiger partial charge on any atom is -0.462 e. The number of aromatic nitrogens is 3. The molecule has 1 aliphatic rings. The molecule has 7 heteroatoms. The van der Waals surface area contributed by atoms with E-state index in [2.05, 4.69) is 25.4 Å². The monoisotopic (exact) mass is 327 g/mol. The highest BCUT2D eigenvalue weighted by Crippen LogP contribution is 2.19. The van der Waals surface area contributed by atoms with Crippen molar-refractivity contribution in [2.45, 2.75) is 26.2 Å². The third kappa shape index (κ3) is 3.98. The van der Waals surface area contributed by atoms with E-state index in [0.29, 0.717) is 23.9 Å². The molecule has 2 aromatic rings. The van der Waals surface area contributed by atoms with Crippen molar-refractivity contribution >= 4 is 23.4 Å². The van der Waals surface area contributed by atoms with Crippen LogP contribution in [0.15, 0.2) is 30.5 Å². The summed E-state index contributed by atoms with van der Waals surface area (Å²) in [5.41, 5.74) is 1.35. The number of benzene rings is 1. The van der Waals surface area contributed by atoms with E-state index in [1.165, 1.54) is 6.42 Å². The summed E-state index contributed by atoms with van der Waals surface area (Å²) in [4.78, 5) is 18.3. The maximum Gasteiger partial charge on any atom is 0.338 e. The van der Waals surface area contributed by atoms with Crippen molar-refractivity contribution in [3.8, 4) is 0 Å². The summed E-state index contributed by atoms with van der Waals surface area (Å²) in [7, 11) is 0. The molecule has 0 aliphatic carbocycles. The van der Waals surface area contributed by atoms with Gasteiger partial charge in [-0.3, -0.25) is 0 Å². The Labute approximate surface area is 141 Å². The van der Waals surface area contributed by atoms with Gasteiger partial charge >= 0.3 is 5.97 Å². The number of anilines is 3. The van der Waals surface area contributed by atoms with Crippen molar-refractivity contribution in [2.24, 2.45) is 0 Å². The van der Waals surface area contributed by atoms with Gasteiger partial charge in [-0.05, 0) is 50.5 Å². The molecule has 7 nitrogen and oxygen atoms in total. The normalized spacial score (nSPS) is 14.3. The Hall–Kier alpha value is -2.70. The van der Waals surface area contributed by atoms with Crippen LogP contribution in [-0.2, 0) is 4.74 Å². The molecule has 3 rings (SSSR count). The number of carbonyl (C=O) groups excluding carboxylic acids is 1. The highest BCUT2D eigenvalue weighted by molar-refractivity contribution is 5.89. The number of nitrogens with one attached hydrogen (secondary N) is 1. The van der Waals surface area contributed by atoms with Crippen LogP contribution in [0.25, 0.3) is 0 Å². The third-order valence-electron chi connectivity index (χ3n) is 3.85. The van der Waals surface area contributed by atoms with Crippen LogP contribution in [0.4, 0.5) is 17.5 Å². The first-order chi connectivity index (χ1) is 11.8. The van der Waals surface area contributed by atoms with Gasteiger partial charge in [0.1, 0.15) is 0 Å². The van der Waals surface area contributed by atoms with Gasteiger partial charge in [-0.1, -0.05) is 0 Å². The molecule has 1 aromatic heterocycles. The van der Waals surface area contributed by atoms with E-state index in [-0.39, 0.29) is 5.97 Å². The molecule has 1 aliphatic heterocycles. The number of rotatable bonds is 5. The summed E-state index contributed by atoms with van der Waals surface area (Å²) in [6.07, 6.45) is 5.17. The molecule has 0 spiro atoms. The van der Waals surface area contributed by atoms with E-state index < -0.39 is 0 Å². The van der Waals surface area contributed by atoms with Crippen LogP contribution in [0.5, 0.6) is 0 Å². The molecular weight excluding hydrogens is 306 g/mol. The highest BCUT2D eigenvalue weighted by atomic mass is 16.5. The SMILES string of the molecule is CCOC(=O)c1ccc(Nc2cnnc(N3CCCCC3)n2)cc1. The molecule has 126 valence electrons. The number of esters is 1. The van der Waals surface area contributed by atoms with Gasteiger partial charge in [0, 0.05) is 18.8 Å². The van der Waals surface area contributed by atoms with Crippen molar-refractivity contribution in [2.75, 3.05) is 29.9 Å². The predicted molar refractivity (Wildman–Crippen MR) is 91.6 cm³/mol. The number of hydrogen-bond donors (Lipinski definition) is 1. The summed E-state index contributed by atoms with van der Waals surface area (Å²) in [5, 5.41) is 11.4. The van der Waals surface area contributed by atoms with Crippen LogP contribution in [0.2, 0.25) is 0 Å². The zero-order valence-corrected chi connectivity index (χ0v) is 13.7. The number of carbonyl (C=O) groups is 1. The minimum absolute atomic E-state index is 0.319. The highest BCUT2D eigenvalue weighted by Gasteiger charge is 2.14. The van der Waals surface area contributed by atoms with Crippen LogP contribution in [-0.4, -0.2) is 40.8 Å². The Morgan fingerprint density at radius 3 is 2.67 bits per heavy atom. The number of nitrogens with zero attached hydrogens (tertiary/aromatic N) is 4. The first-order valence-corrected chi connectivity index (χ1v) is 8.25. The summed E-state index contributed by atoms with van der Waals surface area (Å²) in [6.45, 7) is 4.10. The topological polar surface area (TPSA) is 80.2 Å².